The van der Waals surface area contributed by atoms with Crippen LogP contribution in [0.1, 0.15) is 61.3 Å². The van der Waals surface area contributed by atoms with Crippen LogP contribution in [0.5, 0.6) is 0 Å². The maximum absolute atomic E-state index is 9.99. The molecule has 1 aliphatic carbocycles. The number of pyridine rings is 1. The number of nitrogens with one attached hydrogen (secondary N) is 4. The lowest BCUT2D eigenvalue weighted by Gasteiger charge is -2.23. The van der Waals surface area contributed by atoms with E-state index >= 15 is 0 Å². The Labute approximate surface area is 238 Å². The molecule has 1 saturated carbocycles. The number of hydrogen-bond acceptors (Lipinski definition) is 9. The Morgan fingerprint density at radius 2 is 2.08 bits per heavy atom. The van der Waals surface area contributed by atoms with Crippen LogP contribution in [-0.2, 0) is 0 Å². The minimum atomic E-state index is -1.37. The van der Waals surface area contributed by atoms with Crippen LogP contribution in [0.15, 0.2) is 66.1 Å². The molecule has 39 heavy (non-hydrogen) atoms. The van der Waals surface area contributed by atoms with Crippen molar-refractivity contribution in [3.05, 3.63) is 92.8 Å². The Balaban J connectivity index is 1.44. The van der Waals surface area contributed by atoms with E-state index in [4.69, 9.17) is 11.6 Å². The number of hydrazine groups is 2. The van der Waals surface area contributed by atoms with Crippen molar-refractivity contribution in [1.82, 2.24) is 25.9 Å². The van der Waals surface area contributed by atoms with Crippen molar-refractivity contribution in [1.29, 1.82) is 5.26 Å². The first-order valence-corrected chi connectivity index (χ1v) is 14.2. The number of benzene rings is 2. The SMILES string of the molecule is [2H]C(Nc1cc(Cl)c2ncc(C#N)c(N[C@H](CC)c3ccccc3)c2c1)(C1=CN(C2CC2)NN1)c1scnc1C. The molecule has 0 saturated heterocycles. The molecule has 1 unspecified atom stereocenters. The van der Waals surface area contributed by atoms with Gasteiger partial charge in [-0.15, -0.1) is 16.9 Å². The van der Waals surface area contributed by atoms with Crippen LogP contribution in [0.4, 0.5) is 11.4 Å². The highest BCUT2D eigenvalue weighted by molar-refractivity contribution is 7.09. The third-order valence-electron chi connectivity index (χ3n) is 7.01. The molecule has 2 aromatic carbocycles. The summed E-state index contributed by atoms with van der Waals surface area (Å²) in [5.41, 5.74) is 13.0. The first kappa shape index (κ1) is 24.2. The highest BCUT2D eigenvalue weighted by atomic mass is 35.5. The second-order valence-corrected chi connectivity index (χ2v) is 11.0. The van der Waals surface area contributed by atoms with Crippen molar-refractivity contribution in [3.63, 3.8) is 0 Å². The monoisotopic (exact) mass is 557 g/mol. The van der Waals surface area contributed by atoms with E-state index in [1.807, 2.05) is 42.4 Å². The van der Waals surface area contributed by atoms with E-state index in [0.29, 0.717) is 44.6 Å². The van der Waals surface area contributed by atoms with Gasteiger partial charge in [-0.3, -0.25) is 9.99 Å². The van der Waals surface area contributed by atoms with Crippen LogP contribution in [0, 0.1) is 18.3 Å². The lowest BCUT2D eigenvalue weighted by atomic mass is 10.0. The number of nitriles is 1. The first-order chi connectivity index (χ1) is 19.4. The molecular weight excluding hydrogens is 528 g/mol. The van der Waals surface area contributed by atoms with E-state index in [9.17, 15) is 6.63 Å². The molecular formula is C29H29ClN8S. The molecule has 4 aromatic rings. The zero-order valence-corrected chi connectivity index (χ0v) is 23.2. The van der Waals surface area contributed by atoms with Gasteiger partial charge in [-0.2, -0.15) is 5.26 Å². The molecule has 2 aromatic heterocycles. The Hall–Kier alpha value is -3.84. The average Bonchev–Trinajstić information content (AvgIpc) is 3.51. The minimum Gasteiger partial charge on any atom is -0.377 e. The molecule has 6 rings (SSSR count). The fourth-order valence-corrected chi connectivity index (χ4v) is 5.88. The highest BCUT2D eigenvalue weighted by Gasteiger charge is 2.33. The number of nitrogens with zero attached hydrogens (tertiary/aromatic N) is 4. The van der Waals surface area contributed by atoms with Crippen molar-refractivity contribution >= 4 is 45.2 Å². The van der Waals surface area contributed by atoms with Crippen LogP contribution in [0.25, 0.3) is 10.9 Å². The lowest BCUT2D eigenvalue weighted by molar-refractivity contribution is 0.260. The number of anilines is 2. The van der Waals surface area contributed by atoms with E-state index in [1.165, 1.54) is 11.3 Å². The van der Waals surface area contributed by atoms with Gasteiger partial charge in [0.2, 0.25) is 0 Å². The van der Waals surface area contributed by atoms with Crippen LogP contribution in [0.3, 0.4) is 0 Å². The number of fused-ring (bicyclic) bond motifs is 1. The van der Waals surface area contributed by atoms with Crippen molar-refractivity contribution < 1.29 is 1.37 Å². The Morgan fingerprint density at radius 1 is 1.26 bits per heavy atom. The fraction of sp³-hybridized carbons (Fsp3) is 0.276. The van der Waals surface area contributed by atoms with Gasteiger partial charge in [-0.25, -0.2) is 4.98 Å². The van der Waals surface area contributed by atoms with Crippen LogP contribution in [0.2, 0.25) is 5.02 Å². The summed E-state index contributed by atoms with van der Waals surface area (Å²) in [7, 11) is 0. The summed E-state index contributed by atoms with van der Waals surface area (Å²) in [5, 5.41) is 20.2. The molecule has 0 bridgehead atoms. The summed E-state index contributed by atoms with van der Waals surface area (Å²) in [6, 6.07) is 15.2. The van der Waals surface area contributed by atoms with Gasteiger partial charge >= 0.3 is 0 Å². The van der Waals surface area contributed by atoms with Gasteiger partial charge in [0.25, 0.3) is 0 Å². The predicted octanol–water partition coefficient (Wildman–Crippen LogP) is 6.57. The molecule has 0 spiro atoms. The molecule has 3 heterocycles. The van der Waals surface area contributed by atoms with Crippen molar-refractivity contribution in [2.24, 2.45) is 0 Å². The van der Waals surface area contributed by atoms with E-state index < -0.39 is 6.02 Å². The quantitative estimate of drug-likeness (QED) is 0.183. The molecule has 4 N–H and O–H groups in total. The lowest BCUT2D eigenvalue weighted by Crippen LogP contribution is -2.38. The van der Waals surface area contributed by atoms with E-state index in [-0.39, 0.29) is 6.04 Å². The highest BCUT2D eigenvalue weighted by Crippen LogP contribution is 2.39. The van der Waals surface area contributed by atoms with Gasteiger partial charge in [0.15, 0.2) is 0 Å². The summed E-state index contributed by atoms with van der Waals surface area (Å²) in [6.07, 6.45) is 6.55. The number of aryl methyl sites for hydroxylation is 1. The average molecular weight is 558 g/mol. The summed E-state index contributed by atoms with van der Waals surface area (Å²) >= 11 is 8.22. The van der Waals surface area contributed by atoms with Crippen LogP contribution in [-0.4, -0.2) is 21.0 Å². The second-order valence-electron chi connectivity index (χ2n) is 9.71. The molecule has 1 fully saturated rings. The number of thiazole rings is 1. The predicted molar refractivity (Wildman–Crippen MR) is 157 cm³/mol. The molecule has 2 atom stereocenters. The Kier molecular flexibility index (Phi) is 6.66. The third kappa shape index (κ3) is 5.11. The normalized spacial score (nSPS) is 17.5. The Bertz CT molecular complexity index is 1630. The number of aromatic nitrogens is 2. The zero-order valence-electron chi connectivity index (χ0n) is 22.6. The molecule has 0 amide bonds. The van der Waals surface area contributed by atoms with Gasteiger partial charge in [-0.05, 0) is 43.9 Å². The van der Waals surface area contributed by atoms with E-state index in [2.05, 4.69) is 56.7 Å². The van der Waals surface area contributed by atoms with Gasteiger partial charge in [0, 0.05) is 29.5 Å². The van der Waals surface area contributed by atoms with Gasteiger partial charge in [-0.1, -0.05) is 48.9 Å². The minimum absolute atomic E-state index is 0.0169. The van der Waals surface area contributed by atoms with E-state index in [1.54, 1.807) is 17.8 Å². The van der Waals surface area contributed by atoms with Crippen molar-refractivity contribution in [2.75, 3.05) is 10.6 Å². The molecule has 8 nitrogen and oxygen atoms in total. The summed E-state index contributed by atoms with van der Waals surface area (Å²) in [5.74, 6) is 0. The summed E-state index contributed by atoms with van der Waals surface area (Å²) < 4.78 is 9.71. The van der Waals surface area contributed by atoms with Crippen LogP contribution < -0.4 is 21.6 Å². The standard InChI is InChI=1S/C29H29ClN8S/c1-3-24(18-7-5-4-6-8-18)35-26-19(13-31)14-32-27-22(26)11-20(12-23(27)30)34-28(29-17(2)33-16-39-29)25-15-38(37-36-25)21-9-10-21/h4-8,11-12,14-16,21,24,28,34,36-37H,3,9-10H2,1-2H3,(H,32,35)/t24-,28?/m1/s1/i28D. The topological polar surface area (TPSA) is 101 Å². The second kappa shape index (κ2) is 10.7. The maximum Gasteiger partial charge on any atom is 0.106 e. The fourth-order valence-electron chi connectivity index (χ4n) is 4.79. The first-order valence-electron chi connectivity index (χ1n) is 13.5. The smallest absolute Gasteiger partial charge is 0.106 e. The maximum atomic E-state index is 9.99. The molecule has 198 valence electrons. The summed E-state index contributed by atoms with van der Waals surface area (Å²) in [6.45, 7) is 4.01. The summed E-state index contributed by atoms with van der Waals surface area (Å²) in [4.78, 5) is 9.70. The number of rotatable bonds is 9. The molecule has 1 aliphatic heterocycles. The van der Waals surface area contributed by atoms with Crippen LogP contribution >= 0.6 is 22.9 Å². The van der Waals surface area contributed by atoms with Gasteiger partial charge in [0.1, 0.15) is 12.1 Å². The molecule has 10 heteroatoms. The molecule has 0 radical (unpaired) electrons. The zero-order chi connectivity index (χ0) is 27.9. The molecule has 2 aliphatic rings. The van der Waals surface area contributed by atoms with Gasteiger partial charge < -0.3 is 16.1 Å². The number of halogens is 1. The van der Waals surface area contributed by atoms with Gasteiger partial charge in [0.05, 0.1) is 51.0 Å². The third-order valence-corrected chi connectivity index (χ3v) is 8.25. The van der Waals surface area contributed by atoms with Crippen molar-refractivity contribution in [3.8, 4) is 6.07 Å². The number of hydrogen-bond donors (Lipinski definition) is 4. The van der Waals surface area contributed by atoms with E-state index in [0.717, 1.165) is 35.4 Å². The largest absolute Gasteiger partial charge is 0.377 e. The Morgan fingerprint density at radius 3 is 2.77 bits per heavy atom. The van der Waals surface area contributed by atoms with Crippen molar-refractivity contribution in [2.45, 2.75) is 51.2 Å².